The summed E-state index contributed by atoms with van der Waals surface area (Å²) in [6.45, 7) is 0. The van der Waals surface area contributed by atoms with Crippen LogP contribution >= 0.6 is 0 Å². The van der Waals surface area contributed by atoms with Crippen LogP contribution in [-0.2, 0) is 10.1 Å². The van der Waals surface area contributed by atoms with Crippen molar-refractivity contribution in [1.29, 1.82) is 0 Å². The summed E-state index contributed by atoms with van der Waals surface area (Å²) in [6.07, 6.45) is 0. The van der Waals surface area contributed by atoms with Crippen LogP contribution in [0.2, 0.25) is 0 Å². The van der Waals surface area contributed by atoms with Crippen molar-refractivity contribution in [3.05, 3.63) is 59.2 Å². The predicted molar refractivity (Wildman–Crippen MR) is 67.5 cm³/mol. The molecule has 2 rings (SSSR count). The van der Waals surface area contributed by atoms with Crippen molar-refractivity contribution < 1.29 is 40.1 Å². The van der Waals surface area contributed by atoms with Crippen molar-refractivity contribution in [2.24, 2.45) is 0 Å². The van der Waals surface area contributed by atoms with E-state index in [2.05, 4.69) is 4.74 Å². The Labute approximate surface area is 126 Å². The molecular formula is C13H6F4O5S. The molecule has 5 nitrogen and oxygen atoms in total. The molecule has 0 radical (unpaired) electrons. The monoisotopic (exact) mass is 350 g/mol. The molecule has 0 aliphatic rings. The van der Waals surface area contributed by atoms with Gasteiger partial charge in [0.1, 0.15) is 0 Å². The molecule has 0 amide bonds. The minimum atomic E-state index is -5.58. The Hall–Kier alpha value is -2.46. The third-order valence-corrected chi connectivity index (χ3v) is 3.52. The first-order valence-corrected chi connectivity index (χ1v) is 7.19. The van der Waals surface area contributed by atoms with E-state index >= 15 is 0 Å². The number of hydrogen-bond donors (Lipinski definition) is 1. The lowest BCUT2D eigenvalue weighted by Crippen LogP contribution is -2.15. The van der Waals surface area contributed by atoms with Crippen LogP contribution in [0.3, 0.4) is 0 Å². The molecular weight excluding hydrogens is 344 g/mol. The second-order valence-corrected chi connectivity index (χ2v) is 5.50. The minimum Gasteiger partial charge on any atom is -0.416 e. The van der Waals surface area contributed by atoms with Crippen molar-refractivity contribution in [3.63, 3.8) is 0 Å². The quantitative estimate of drug-likeness (QED) is 0.303. The second-order valence-electron chi connectivity index (χ2n) is 4.14. The maximum absolute atomic E-state index is 13.7. The lowest BCUT2D eigenvalue weighted by Gasteiger charge is -2.10. The van der Waals surface area contributed by atoms with E-state index in [4.69, 9.17) is 4.55 Å². The van der Waals surface area contributed by atoms with Crippen molar-refractivity contribution in [1.82, 2.24) is 0 Å². The van der Waals surface area contributed by atoms with Gasteiger partial charge in [-0.2, -0.15) is 17.2 Å². The number of hydrogen-bond acceptors (Lipinski definition) is 4. The predicted octanol–water partition coefficient (Wildman–Crippen LogP) is 2.71. The van der Waals surface area contributed by atoms with E-state index in [1.807, 2.05) is 0 Å². The van der Waals surface area contributed by atoms with Crippen LogP contribution in [0, 0.1) is 23.3 Å². The van der Waals surface area contributed by atoms with E-state index in [-0.39, 0.29) is 5.56 Å². The molecule has 0 heterocycles. The molecule has 0 spiro atoms. The maximum Gasteiger partial charge on any atom is 0.343 e. The molecule has 1 N–H and O–H groups in total. The molecule has 23 heavy (non-hydrogen) atoms. The van der Waals surface area contributed by atoms with Crippen LogP contribution in [0.5, 0.6) is 5.75 Å². The summed E-state index contributed by atoms with van der Waals surface area (Å²) in [5, 5.41) is 0. The first kappa shape index (κ1) is 16.9. The smallest absolute Gasteiger partial charge is 0.343 e. The molecule has 2 aromatic carbocycles. The standard InChI is InChI=1S/C13H6F4O5S/c14-7-9(16)12(23(19,20)21)10(17)8(15)11(7)22-13(18)6-4-2-1-3-5-6/h1-5H,(H,19,20,21). The largest absolute Gasteiger partial charge is 0.416 e. The van der Waals surface area contributed by atoms with Crippen LogP contribution in [-0.4, -0.2) is 18.9 Å². The number of ether oxygens (including phenoxy) is 1. The highest BCUT2D eigenvalue weighted by Crippen LogP contribution is 2.32. The molecule has 0 saturated carbocycles. The molecule has 0 aromatic heterocycles. The third-order valence-electron chi connectivity index (χ3n) is 2.65. The summed E-state index contributed by atoms with van der Waals surface area (Å²) in [6, 6.07) is 6.73. The highest BCUT2D eigenvalue weighted by molar-refractivity contribution is 7.85. The van der Waals surface area contributed by atoms with Crippen molar-refractivity contribution in [2.75, 3.05) is 0 Å². The van der Waals surface area contributed by atoms with Crippen LogP contribution in [0.4, 0.5) is 17.6 Å². The fraction of sp³-hybridized carbons (Fsp3) is 0. The van der Waals surface area contributed by atoms with E-state index in [1.165, 1.54) is 30.3 Å². The second kappa shape index (κ2) is 5.97. The fourth-order valence-corrected chi connectivity index (χ4v) is 2.27. The number of carbonyl (C=O) groups excluding carboxylic acids is 1. The molecule has 10 heteroatoms. The number of halogens is 4. The minimum absolute atomic E-state index is 0.175. The van der Waals surface area contributed by atoms with Crippen LogP contribution in [0.15, 0.2) is 35.2 Å². The summed E-state index contributed by atoms with van der Waals surface area (Å²) in [4.78, 5) is 9.44. The normalized spacial score (nSPS) is 11.3. The summed E-state index contributed by atoms with van der Waals surface area (Å²) in [5.41, 5.74) is -0.175. The van der Waals surface area contributed by atoms with Gasteiger partial charge in [-0.1, -0.05) is 18.2 Å². The Morgan fingerprint density at radius 1 is 0.913 bits per heavy atom. The molecule has 0 saturated heterocycles. The van der Waals surface area contributed by atoms with Gasteiger partial charge in [0.15, 0.2) is 16.5 Å². The van der Waals surface area contributed by atoms with Crippen LogP contribution in [0.1, 0.15) is 10.4 Å². The Morgan fingerprint density at radius 2 is 1.39 bits per heavy atom. The van der Waals surface area contributed by atoms with Gasteiger partial charge < -0.3 is 4.74 Å². The van der Waals surface area contributed by atoms with E-state index in [9.17, 15) is 30.8 Å². The molecule has 2 aromatic rings. The van der Waals surface area contributed by atoms with Crippen LogP contribution in [0.25, 0.3) is 0 Å². The lowest BCUT2D eigenvalue weighted by molar-refractivity contribution is 0.0716. The average molecular weight is 350 g/mol. The highest BCUT2D eigenvalue weighted by atomic mass is 32.2. The van der Waals surface area contributed by atoms with Crippen molar-refractivity contribution in [3.8, 4) is 5.75 Å². The first-order valence-electron chi connectivity index (χ1n) is 5.75. The SMILES string of the molecule is O=C(Oc1c(F)c(F)c(S(=O)(=O)O)c(F)c1F)c1ccccc1. The summed E-state index contributed by atoms with van der Waals surface area (Å²) >= 11 is 0. The number of esters is 1. The maximum atomic E-state index is 13.7. The number of benzene rings is 2. The zero-order valence-electron chi connectivity index (χ0n) is 10.9. The summed E-state index contributed by atoms with van der Waals surface area (Å²) in [7, 11) is -5.58. The average Bonchev–Trinajstić information content (AvgIpc) is 2.49. The van der Waals surface area contributed by atoms with Gasteiger partial charge in [0.2, 0.25) is 17.4 Å². The molecule has 0 fully saturated rings. The van der Waals surface area contributed by atoms with E-state index in [0.29, 0.717) is 0 Å². The topological polar surface area (TPSA) is 80.7 Å². The molecule has 0 atom stereocenters. The van der Waals surface area contributed by atoms with Gasteiger partial charge in [-0.25, -0.2) is 13.6 Å². The Balaban J connectivity index is 2.56. The molecule has 0 unspecified atom stereocenters. The zero-order chi connectivity index (χ0) is 17.4. The van der Waals surface area contributed by atoms with Gasteiger partial charge in [-0.15, -0.1) is 0 Å². The van der Waals surface area contributed by atoms with Crippen LogP contribution < -0.4 is 4.74 Å². The van der Waals surface area contributed by atoms with Crippen molar-refractivity contribution >= 4 is 16.1 Å². The van der Waals surface area contributed by atoms with Gasteiger partial charge in [0.05, 0.1) is 5.56 Å². The Bertz CT molecular complexity index is 852. The molecule has 0 bridgehead atoms. The third kappa shape index (κ3) is 3.17. The fourth-order valence-electron chi connectivity index (χ4n) is 1.63. The van der Waals surface area contributed by atoms with Gasteiger partial charge in [-0.3, -0.25) is 4.55 Å². The summed E-state index contributed by atoms with van der Waals surface area (Å²) < 4.78 is 88.8. The van der Waals surface area contributed by atoms with Gasteiger partial charge in [0, 0.05) is 0 Å². The van der Waals surface area contributed by atoms with Gasteiger partial charge in [0.25, 0.3) is 0 Å². The number of rotatable bonds is 3. The molecule has 0 aliphatic carbocycles. The Kier molecular flexibility index (Phi) is 4.39. The number of carbonyl (C=O) groups is 1. The van der Waals surface area contributed by atoms with E-state index in [1.54, 1.807) is 0 Å². The van der Waals surface area contributed by atoms with E-state index in [0.717, 1.165) is 0 Å². The molecule has 0 aliphatic heterocycles. The van der Waals surface area contributed by atoms with E-state index < -0.39 is 50.0 Å². The van der Waals surface area contributed by atoms with Crippen molar-refractivity contribution in [2.45, 2.75) is 4.90 Å². The Morgan fingerprint density at radius 3 is 1.83 bits per heavy atom. The zero-order valence-corrected chi connectivity index (χ0v) is 11.7. The van der Waals surface area contributed by atoms with Gasteiger partial charge in [-0.05, 0) is 12.1 Å². The lowest BCUT2D eigenvalue weighted by atomic mass is 10.2. The van der Waals surface area contributed by atoms with Gasteiger partial charge >= 0.3 is 16.1 Å². The summed E-state index contributed by atoms with van der Waals surface area (Å²) in [5.74, 6) is -12.5. The molecule has 122 valence electrons. The highest BCUT2D eigenvalue weighted by Gasteiger charge is 2.34. The first-order chi connectivity index (χ1) is 10.6.